The number of carbonyl (C=O) groups excluding carboxylic acids is 3. The first kappa shape index (κ1) is 20.2. The summed E-state index contributed by atoms with van der Waals surface area (Å²) in [5, 5.41) is 5.31. The van der Waals surface area contributed by atoms with Crippen LogP contribution in [-0.2, 0) is 19.1 Å². The molecule has 8 heteroatoms. The van der Waals surface area contributed by atoms with Crippen molar-refractivity contribution < 1.29 is 23.9 Å². The van der Waals surface area contributed by atoms with E-state index in [0.29, 0.717) is 58.7 Å². The Morgan fingerprint density at radius 3 is 2.50 bits per heavy atom. The molecule has 1 fully saturated rings. The topological polar surface area (TPSA) is 97.0 Å². The van der Waals surface area contributed by atoms with Gasteiger partial charge in [-0.1, -0.05) is 12.2 Å². The van der Waals surface area contributed by atoms with Gasteiger partial charge in [0, 0.05) is 26.2 Å². The summed E-state index contributed by atoms with van der Waals surface area (Å²) < 4.78 is 10.6. The van der Waals surface area contributed by atoms with Gasteiger partial charge in [0.1, 0.15) is 0 Å². The molecule has 0 aromatic heterocycles. The Balaban J connectivity index is 1.77. The molecular formula is C18H29N3O5. The minimum atomic E-state index is -0.438. The van der Waals surface area contributed by atoms with E-state index in [1.165, 1.54) is 0 Å². The van der Waals surface area contributed by atoms with Gasteiger partial charge in [0.2, 0.25) is 5.91 Å². The normalized spacial score (nSPS) is 22.6. The summed E-state index contributed by atoms with van der Waals surface area (Å²) in [6.07, 6.45) is 5.52. The highest BCUT2D eigenvalue weighted by Gasteiger charge is 2.37. The number of rotatable bonds is 7. The smallest absolute Gasteiger partial charge is 0.314 e. The number of allylic oxidation sites excluding steroid dienone is 2. The molecule has 0 aromatic carbocycles. The largest absolute Gasteiger partial charge is 0.465 e. The fourth-order valence-corrected chi connectivity index (χ4v) is 3.14. The third kappa shape index (κ3) is 6.01. The summed E-state index contributed by atoms with van der Waals surface area (Å²) in [6, 6.07) is -0.229. The Morgan fingerprint density at radius 1 is 1.12 bits per heavy atom. The van der Waals surface area contributed by atoms with E-state index in [2.05, 4.69) is 10.6 Å². The maximum absolute atomic E-state index is 12.8. The molecule has 3 amide bonds. The predicted octanol–water partition coefficient (Wildman–Crippen LogP) is 0.680. The fraction of sp³-hybridized carbons (Fsp3) is 0.722. The van der Waals surface area contributed by atoms with Crippen LogP contribution in [0, 0.1) is 11.8 Å². The maximum Gasteiger partial charge on any atom is 0.314 e. The number of carbonyl (C=O) groups is 3. The lowest BCUT2D eigenvalue weighted by molar-refractivity contribution is -0.156. The molecule has 0 radical (unpaired) electrons. The lowest BCUT2D eigenvalue weighted by atomic mass is 9.82. The summed E-state index contributed by atoms with van der Waals surface area (Å²) >= 11 is 0. The number of nitrogens with zero attached hydrogens (tertiary/aromatic N) is 1. The van der Waals surface area contributed by atoms with Crippen LogP contribution in [0.2, 0.25) is 0 Å². The Kier molecular flexibility index (Phi) is 8.40. The summed E-state index contributed by atoms with van der Waals surface area (Å²) in [6.45, 7) is 5.30. The third-order valence-corrected chi connectivity index (χ3v) is 4.56. The SMILES string of the molecule is CCNC(=O)NCCCOC(=O)[C@@H]1CC=CC[C@H]1C(=O)N1CCOCC1. The van der Waals surface area contributed by atoms with E-state index in [9.17, 15) is 14.4 Å². The molecular weight excluding hydrogens is 338 g/mol. The summed E-state index contributed by atoms with van der Waals surface area (Å²) in [5.74, 6) is -1.12. The lowest BCUT2D eigenvalue weighted by Gasteiger charge is -2.33. The van der Waals surface area contributed by atoms with E-state index in [4.69, 9.17) is 9.47 Å². The van der Waals surface area contributed by atoms with Gasteiger partial charge in [0.15, 0.2) is 0 Å². The van der Waals surface area contributed by atoms with Crippen molar-refractivity contribution in [2.75, 3.05) is 46.0 Å². The van der Waals surface area contributed by atoms with Gasteiger partial charge in [-0.15, -0.1) is 0 Å². The van der Waals surface area contributed by atoms with Crippen molar-refractivity contribution in [3.8, 4) is 0 Å². The van der Waals surface area contributed by atoms with Gasteiger partial charge in [0.25, 0.3) is 0 Å². The van der Waals surface area contributed by atoms with E-state index in [-0.39, 0.29) is 30.4 Å². The van der Waals surface area contributed by atoms with Gasteiger partial charge >= 0.3 is 12.0 Å². The molecule has 8 nitrogen and oxygen atoms in total. The van der Waals surface area contributed by atoms with Crippen LogP contribution in [0.5, 0.6) is 0 Å². The van der Waals surface area contributed by atoms with Crippen molar-refractivity contribution >= 4 is 17.9 Å². The van der Waals surface area contributed by atoms with Crippen LogP contribution in [0.1, 0.15) is 26.2 Å². The van der Waals surface area contributed by atoms with Crippen LogP contribution in [0.15, 0.2) is 12.2 Å². The number of ether oxygens (including phenoxy) is 2. The van der Waals surface area contributed by atoms with E-state index in [1.54, 1.807) is 4.90 Å². The van der Waals surface area contributed by atoms with E-state index in [1.807, 2.05) is 19.1 Å². The number of amides is 3. The highest BCUT2D eigenvalue weighted by molar-refractivity contribution is 5.86. The number of hydrogen-bond acceptors (Lipinski definition) is 5. The van der Waals surface area contributed by atoms with Gasteiger partial charge in [-0.05, 0) is 26.2 Å². The van der Waals surface area contributed by atoms with Gasteiger partial charge in [-0.2, -0.15) is 0 Å². The van der Waals surface area contributed by atoms with Gasteiger partial charge in [-0.3, -0.25) is 9.59 Å². The first-order chi connectivity index (χ1) is 12.6. The van der Waals surface area contributed by atoms with E-state index in [0.717, 1.165) is 0 Å². The zero-order valence-electron chi connectivity index (χ0n) is 15.4. The molecule has 2 atom stereocenters. The zero-order chi connectivity index (χ0) is 18.8. The molecule has 1 saturated heterocycles. The molecule has 2 N–H and O–H groups in total. The van der Waals surface area contributed by atoms with Crippen molar-refractivity contribution in [3.05, 3.63) is 12.2 Å². The average molecular weight is 367 g/mol. The molecule has 0 unspecified atom stereocenters. The third-order valence-electron chi connectivity index (χ3n) is 4.56. The number of esters is 1. The van der Waals surface area contributed by atoms with E-state index >= 15 is 0 Å². The molecule has 0 spiro atoms. The van der Waals surface area contributed by atoms with Crippen molar-refractivity contribution in [1.82, 2.24) is 15.5 Å². The average Bonchev–Trinajstić information content (AvgIpc) is 2.68. The highest BCUT2D eigenvalue weighted by atomic mass is 16.5. The van der Waals surface area contributed by atoms with Crippen LogP contribution in [0.4, 0.5) is 4.79 Å². The van der Waals surface area contributed by atoms with Gasteiger partial charge in [0.05, 0.1) is 31.7 Å². The highest BCUT2D eigenvalue weighted by Crippen LogP contribution is 2.29. The first-order valence-electron chi connectivity index (χ1n) is 9.33. The second-order valence-corrected chi connectivity index (χ2v) is 6.40. The molecule has 1 aliphatic heterocycles. The molecule has 26 heavy (non-hydrogen) atoms. The van der Waals surface area contributed by atoms with Crippen molar-refractivity contribution in [3.63, 3.8) is 0 Å². The summed E-state index contributed by atoms with van der Waals surface area (Å²) in [5.41, 5.74) is 0. The molecule has 146 valence electrons. The molecule has 2 aliphatic rings. The maximum atomic E-state index is 12.8. The minimum Gasteiger partial charge on any atom is -0.465 e. The van der Waals surface area contributed by atoms with Gasteiger partial charge < -0.3 is 25.0 Å². The summed E-state index contributed by atoms with van der Waals surface area (Å²) in [4.78, 5) is 38.2. The quantitative estimate of drug-likeness (QED) is 0.392. The van der Waals surface area contributed by atoms with Crippen molar-refractivity contribution in [1.29, 1.82) is 0 Å². The van der Waals surface area contributed by atoms with Crippen LogP contribution in [0.3, 0.4) is 0 Å². The molecule has 0 bridgehead atoms. The molecule has 1 aliphatic carbocycles. The Labute approximate surface area is 154 Å². The number of urea groups is 1. The monoisotopic (exact) mass is 367 g/mol. The molecule has 2 rings (SSSR count). The number of morpholine rings is 1. The van der Waals surface area contributed by atoms with Gasteiger partial charge in [-0.25, -0.2) is 4.79 Å². The Morgan fingerprint density at radius 2 is 1.81 bits per heavy atom. The Hall–Kier alpha value is -2.09. The second-order valence-electron chi connectivity index (χ2n) is 6.40. The second kappa shape index (κ2) is 10.8. The summed E-state index contributed by atoms with van der Waals surface area (Å²) in [7, 11) is 0. The molecule has 1 heterocycles. The van der Waals surface area contributed by atoms with Crippen LogP contribution < -0.4 is 10.6 Å². The predicted molar refractivity (Wildman–Crippen MR) is 95.4 cm³/mol. The van der Waals surface area contributed by atoms with E-state index < -0.39 is 5.92 Å². The molecule has 0 aromatic rings. The van der Waals surface area contributed by atoms with Crippen LogP contribution in [0.25, 0.3) is 0 Å². The first-order valence-corrected chi connectivity index (χ1v) is 9.33. The van der Waals surface area contributed by atoms with Crippen LogP contribution in [-0.4, -0.2) is 68.8 Å². The minimum absolute atomic E-state index is 0.0116. The van der Waals surface area contributed by atoms with Crippen molar-refractivity contribution in [2.24, 2.45) is 11.8 Å². The standard InChI is InChI=1S/C18H29N3O5/c1-2-19-18(24)20-8-5-11-26-17(23)15-7-4-3-6-14(15)16(22)21-9-12-25-13-10-21/h3-4,14-15H,2,5-13H2,1H3,(H2,19,20,24)/t14-,15-/m1/s1. The Bertz CT molecular complexity index is 517. The lowest BCUT2D eigenvalue weighted by Crippen LogP contribution is -2.47. The number of hydrogen-bond donors (Lipinski definition) is 2. The molecule has 0 saturated carbocycles. The van der Waals surface area contributed by atoms with Crippen LogP contribution >= 0.6 is 0 Å². The number of nitrogens with one attached hydrogen (secondary N) is 2. The fourth-order valence-electron chi connectivity index (χ4n) is 3.14. The zero-order valence-corrected chi connectivity index (χ0v) is 15.4. The van der Waals surface area contributed by atoms with Crippen molar-refractivity contribution in [2.45, 2.75) is 26.2 Å².